The second-order valence-corrected chi connectivity index (χ2v) is 5.64. The molecule has 0 atom stereocenters. The maximum Gasteiger partial charge on any atom is 0.256 e. The first-order valence-electron chi connectivity index (χ1n) is 6.12. The Morgan fingerprint density at radius 3 is 2.71 bits per heavy atom. The van der Waals surface area contributed by atoms with Gasteiger partial charge < -0.3 is 5.32 Å². The molecular formula is C15H9BrClN3O. The summed E-state index contributed by atoms with van der Waals surface area (Å²) in [5.41, 5.74) is 1.04. The molecule has 104 valence electrons. The second kappa shape index (κ2) is 5.79. The monoisotopic (exact) mass is 361 g/mol. The van der Waals surface area contributed by atoms with Crippen LogP contribution < -0.4 is 5.32 Å². The molecule has 6 heteroatoms. The summed E-state index contributed by atoms with van der Waals surface area (Å²) in [5.74, 6) is 0.201. The third kappa shape index (κ3) is 3.20. The van der Waals surface area contributed by atoms with Crippen molar-refractivity contribution < 1.29 is 4.79 Å². The number of benzene rings is 1. The number of nitrogens with zero attached hydrogens (tertiary/aromatic N) is 2. The molecule has 0 spiro atoms. The number of anilines is 1. The van der Waals surface area contributed by atoms with Gasteiger partial charge in [-0.15, -0.1) is 0 Å². The van der Waals surface area contributed by atoms with Crippen LogP contribution in [0.3, 0.4) is 0 Å². The molecule has 1 aromatic carbocycles. The van der Waals surface area contributed by atoms with Gasteiger partial charge in [-0.3, -0.25) is 4.79 Å². The summed E-state index contributed by atoms with van der Waals surface area (Å²) in [6, 6.07) is 14.2. The molecule has 0 aliphatic rings. The minimum atomic E-state index is -0.231. The lowest BCUT2D eigenvalue weighted by Crippen LogP contribution is -2.12. The van der Waals surface area contributed by atoms with E-state index in [0.717, 1.165) is 9.86 Å². The zero-order valence-corrected chi connectivity index (χ0v) is 13.0. The number of carbonyl (C=O) groups is 1. The Labute approximate surface area is 134 Å². The molecule has 0 bridgehead atoms. The number of pyridine rings is 2. The second-order valence-electron chi connectivity index (χ2n) is 4.34. The van der Waals surface area contributed by atoms with Crippen LogP contribution in [0.2, 0.25) is 5.15 Å². The molecule has 4 nitrogen and oxygen atoms in total. The van der Waals surface area contributed by atoms with Crippen LogP contribution in [0, 0.1) is 0 Å². The van der Waals surface area contributed by atoms with E-state index in [1.807, 2.05) is 18.2 Å². The van der Waals surface area contributed by atoms with Gasteiger partial charge in [-0.2, -0.15) is 0 Å². The smallest absolute Gasteiger partial charge is 0.256 e. The molecule has 0 radical (unpaired) electrons. The van der Waals surface area contributed by atoms with Gasteiger partial charge in [-0.1, -0.05) is 33.6 Å². The Bertz CT molecular complexity index is 838. The van der Waals surface area contributed by atoms with Crippen molar-refractivity contribution in [2.75, 3.05) is 5.32 Å². The van der Waals surface area contributed by atoms with Crippen LogP contribution in [-0.4, -0.2) is 15.9 Å². The van der Waals surface area contributed by atoms with E-state index < -0.39 is 0 Å². The Morgan fingerprint density at radius 1 is 1.10 bits per heavy atom. The van der Waals surface area contributed by atoms with Gasteiger partial charge >= 0.3 is 0 Å². The van der Waals surface area contributed by atoms with E-state index in [0.29, 0.717) is 22.2 Å². The summed E-state index contributed by atoms with van der Waals surface area (Å²) in [6.45, 7) is 0. The van der Waals surface area contributed by atoms with Crippen LogP contribution in [0.4, 0.5) is 5.82 Å². The number of fused-ring (bicyclic) bond motifs is 1. The van der Waals surface area contributed by atoms with Gasteiger partial charge in [0.2, 0.25) is 0 Å². The van der Waals surface area contributed by atoms with Crippen LogP contribution in [0.5, 0.6) is 0 Å². The molecular weight excluding hydrogens is 354 g/mol. The molecule has 3 aromatic rings. The molecule has 1 amide bonds. The fourth-order valence-corrected chi connectivity index (χ4v) is 2.41. The van der Waals surface area contributed by atoms with E-state index in [1.54, 1.807) is 30.3 Å². The topological polar surface area (TPSA) is 54.9 Å². The Kier molecular flexibility index (Phi) is 3.86. The molecule has 1 N–H and O–H groups in total. The highest BCUT2D eigenvalue weighted by Gasteiger charge is 2.08. The van der Waals surface area contributed by atoms with Crippen LogP contribution in [-0.2, 0) is 0 Å². The molecule has 21 heavy (non-hydrogen) atoms. The number of nitrogens with one attached hydrogen (secondary N) is 1. The molecule has 0 fully saturated rings. The minimum absolute atomic E-state index is 0.231. The highest BCUT2D eigenvalue weighted by Crippen LogP contribution is 2.17. The SMILES string of the molecule is O=C(Nc1ccc2ccc(Cl)nc2n1)c1cccc(Br)c1. The standard InChI is InChI=1S/C15H9BrClN3O/c16-11-3-1-2-10(8-11)15(21)20-13-7-5-9-4-6-12(17)18-14(9)19-13/h1-8H,(H,18,19,20,21). The minimum Gasteiger partial charge on any atom is -0.306 e. The number of amides is 1. The van der Waals surface area contributed by atoms with Gasteiger partial charge in [0, 0.05) is 15.4 Å². The van der Waals surface area contributed by atoms with E-state index in [2.05, 4.69) is 31.2 Å². The third-order valence-corrected chi connectivity index (χ3v) is 3.55. The molecule has 0 saturated carbocycles. The predicted molar refractivity (Wildman–Crippen MR) is 86.6 cm³/mol. The first-order valence-corrected chi connectivity index (χ1v) is 7.29. The predicted octanol–water partition coefficient (Wildman–Crippen LogP) is 4.30. The number of hydrogen-bond donors (Lipinski definition) is 1. The highest BCUT2D eigenvalue weighted by molar-refractivity contribution is 9.10. The highest BCUT2D eigenvalue weighted by atomic mass is 79.9. The largest absolute Gasteiger partial charge is 0.306 e. The zero-order chi connectivity index (χ0) is 14.8. The number of rotatable bonds is 2. The normalized spacial score (nSPS) is 10.6. The Morgan fingerprint density at radius 2 is 1.90 bits per heavy atom. The number of aromatic nitrogens is 2. The van der Waals surface area contributed by atoms with Crippen molar-refractivity contribution in [2.45, 2.75) is 0 Å². The van der Waals surface area contributed by atoms with Crippen molar-refractivity contribution in [1.82, 2.24) is 9.97 Å². The summed E-state index contributed by atoms with van der Waals surface area (Å²) in [5, 5.41) is 3.97. The van der Waals surface area contributed by atoms with Gasteiger partial charge in [-0.05, 0) is 42.5 Å². The first kappa shape index (κ1) is 14.0. The summed E-state index contributed by atoms with van der Waals surface area (Å²) in [6.07, 6.45) is 0. The number of halogens is 2. The van der Waals surface area contributed by atoms with Gasteiger partial charge in [0.1, 0.15) is 11.0 Å². The molecule has 0 aliphatic carbocycles. The average molecular weight is 363 g/mol. The van der Waals surface area contributed by atoms with Crippen molar-refractivity contribution in [3.8, 4) is 0 Å². The van der Waals surface area contributed by atoms with E-state index >= 15 is 0 Å². The fourth-order valence-electron chi connectivity index (χ4n) is 1.86. The first-order chi connectivity index (χ1) is 10.1. The maximum absolute atomic E-state index is 12.2. The summed E-state index contributed by atoms with van der Waals surface area (Å²) < 4.78 is 0.843. The molecule has 0 unspecified atom stereocenters. The van der Waals surface area contributed by atoms with Crippen molar-refractivity contribution in [2.24, 2.45) is 0 Å². The van der Waals surface area contributed by atoms with Crippen LogP contribution >= 0.6 is 27.5 Å². The molecule has 2 heterocycles. The van der Waals surface area contributed by atoms with Gasteiger partial charge in [-0.25, -0.2) is 9.97 Å². The van der Waals surface area contributed by atoms with Crippen molar-refractivity contribution >= 4 is 50.3 Å². The van der Waals surface area contributed by atoms with Crippen molar-refractivity contribution in [3.05, 3.63) is 63.7 Å². The van der Waals surface area contributed by atoms with E-state index in [9.17, 15) is 4.79 Å². The lowest BCUT2D eigenvalue weighted by molar-refractivity contribution is 0.102. The van der Waals surface area contributed by atoms with Crippen LogP contribution in [0.15, 0.2) is 53.0 Å². The van der Waals surface area contributed by atoms with Crippen LogP contribution in [0.25, 0.3) is 11.0 Å². The van der Waals surface area contributed by atoms with E-state index in [1.165, 1.54) is 0 Å². The quantitative estimate of drug-likeness (QED) is 0.692. The van der Waals surface area contributed by atoms with Gasteiger partial charge in [0.05, 0.1) is 0 Å². The summed E-state index contributed by atoms with van der Waals surface area (Å²) >= 11 is 9.18. The molecule has 0 aliphatic heterocycles. The summed E-state index contributed by atoms with van der Waals surface area (Å²) in [4.78, 5) is 20.6. The molecule has 0 saturated heterocycles. The van der Waals surface area contributed by atoms with Gasteiger partial charge in [0.25, 0.3) is 5.91 Å². The number of hydrogen-bond acceptors (Lipinski definition) is 3. The Hall–Kier alpha value is -1.98. The zero-order valence-electron chi connectivity index (χ0n) is 10.7. The third-order valence-electron chi connectivity index (χ3n) is 2.85. The summed E-state index contributed by atoms with van der Waals surface area (Å²) in [7, 11) is 0. The molecule has 2 aromatic heterocycles. The molecule has 3 rings (SSSR count). The number of carbonyl (C=O) groups excluding carboxylic acids is 1. The van der Waals surface area contributed by atoms with Gasteiger partial charge in [0.15, 0.2) is 5.65 Å². The van der Waals surface area contributed by atoms with E-state index in [-0.39, 0.29) is 5.91 Å². The lowest BCUT2D eigenvalue weighted by Gasteiger charge is -2.06. The maximum atomic E-state index is 12.2. The van der Waals surface area contributed by atoms with E-state index in [4.69, 9.17) is 11.6 Å². The fraction of sp³-hybridized carbons (Fsp3) is 0. The van der Waals surface area contributed by atoms with Crippen LogP contribution in [0.1, 0.15) is 10.4 Å². The average Bonchev–Trinajstić information content (AvgIpc) is 2.46. The Balaban J connectivity index is 1.89. The lowest BCUT2D eigenvalue weighted by atomic mass is 10.2. The van der Waals surface area contributed by atoms with Crippen molar-refractivity contribution in [3.63, 3.8) is 0 Å². The van der Waals surface area contributed by atoms with Crippen molar-refractivity contribution in [1.29, 1.82) is 0 Å².